The summed E-state index contributed by atoms with van der Waals surface area (Å²) >= 11 is 4.84. The molecule has 2 aliphatic heterocycles. The normalized spacial score (nSPS) is 18.6. The monoisotopic (exact) mass is 576 g/mol. The van der Waals surface area contributed by atoms with Gasteiger partial charge in [-0.1, -0.05) is 45.5 Å². The molecule has 1 fully saturated rings. The van der Waals surface area contributed by atoms with Gasteiger partial charge in [0.05, 0.1) is 21.8 Å². The molecule has 0 spiro atoms. The minimum absolute atomic E-state index is 0.00747. The van der Waals surface area contributed by atoms with Crippen molar-refractivity contribution in [2.24, 2.45) is 0 Å². The summed E-state index contributed by atoms with van der Waals surface area (Å²) in [6.07, 6.45) is 0. The standard InChI is InChI=1S/C28H21BrN2O5S/c1-14-10-15(2)23-21(11-14)37-28(30-23)31-24(16-4-3-5-18(29)12-16)22(26(33)27(31)34)25(32)17-6-7-19-20(13-17)36-9-8-35-19/h3-7,10-13,24,32H,8-9H2,1-2H3/b25-22+/t24-/m1/s1. The molecule has 0 aliphatic carbocycles. The maximum absolute atomic E-state index is 13.5. The van der Waals surface area contributed by atoms with E-state index >= 15 is 0 Å². The molecule has 0 radical (unpaired) electrons. The summed E-state index contributed by atoms with van der Waals surface area (Å²) < 4.78 is 13.0. The summed E-state index contributed by atoms with van der Waals surface area (Å²) in [7, 11) is 0. The van der Waals surface area contributed by atoms with Crippen molar-refractivity contribution in [2.75, 3.05) is 18.1 Å². The molecule has 1 atom stereocenters. The van der Waals surface area contributed by atoms with Crippen LogP contribution in [0, 0.1) is 13.8 Å². The number of hydrogen-bond donors (Lipinski definition) is 1. The Morgan fingerprint density at radius 3 is 2.62 bits per heavy atom. The van der Waals surface area contributed by atoms with Crippen LogP contribution in [-0.2, 0) is 9.59 Å². The van der Waals surface area contributed by atoms with Gasteiger partial charge in [0.15, 0.2) is 16.6 Å². The van der Waals surface area contributed by atoms with Gasteiger partial charge in [-0.15, -0.1) is 0 Å². The van der Waals surface area contributed by atoms with Crippen LogP contribution in [0.25, 0.3) is 16.0 Å². The number of ketones is 1. The molecule has 3 heterocycles. The predicted octanol–water partition coefficient (Wildman–Crippen LogP) is 6.07. The van der Waals surface area contributed by atoms with Gasteiger partial charge in [-0.3, -0.25) is 14.5 Å². The lowest BCUT2D eigenvalue weighted by Gasteiger charge is -2.23. The Hall–Kier alpha value is -3.69. The van der Waals surface area contributed by atoms with Crippen molar-refractivity contribution in [3.8, 4) is 11.5 Å². The molecule has 1 saturated heterocycles. The van der Waals surface area contributed by atoms with E-state index in [0.29, 0.717) is 41.0 Å². The van der Waals surface area contributed by atoms with Crippen LogP contribution in [0.3, 0.4) is 0 Å². The van der Waals surface area contributed by atoms with E-state index < -0.39 is 17.7 Å². The number of amides is 1. The summed E-state index contributed by atoms with van der Waals surface area (Å²) in [4.78, 5) is 33.2. The molecule has 0 bridgehead atoms. The van der Waals surface area contributed by atoms with E-state index in [9.17, 15) is 14.7 Å². The van der Waals surface area contributed by atoms with Crippen LogP contribution in [0.15, 0.2) is 64.6 Å². The van der Waals surface area contributed by atoms with Gasteiger partial charge in [-0.05, 0) is 66.9 Å². The number of aliphatic hydroxyl groups is 1. The number of rotatable bonds is 3. The number of aliphatic hydroxyl groups excluding tert-OH is 1. The van der Waals surface area contributed by atoms with Crippen LogP contribution in [0.5, 0.6) is 11.5 Å². The lowest BCUT2D eigenvalue weighted by atomic mass is 9.95. The Balaban J connectivity index is 1.55. The molecule has 7 nitrogen and oxygen atoms in total. The molecular weight excluding hydrogens is 556 g/mol. The third-order valence-corrected chi connectivity index (χ3v) is 7.94. The van der Waals surface area contributed by atoms with E-state index in [0.717, 1.165) is 25.8 Å². The highest BCUT2D eigenvalue weighted by Gasteiger charge is 2.48. The van der Waals surface area contributed by atoms with E-state index in [1.165, 1.54) is 16.2 Å². The van der Waals surface area contributed by atoms with Gasteiger partial charge >= 0.3 is 5.91 Å². The fourth-order valence-corrected chi connectivity index (χ4v) is 6.42. The number of aryl methyl sites for hydroxylation is 2. The van der Waals surface area contributed by atoms with Crippen LogP contribution in [0.2, 0.25) is 0 Å². The summed E-state index contributed by atoms with van der Waals surface area (Å²) in [5.74, 6) is -0.759. The van der Waals surface area contributed by atoms with Crippen LogP contribution in [-0.4, -0.2) is 35.0 Å². The smallest absolute Gasteiger partial charge is 0.301 e. The molecular formula is C28H21BrN2O5S. The summed E-state index contributed by atoms with van der Waals surface area (Å²) in [6, 6.07) is 15.5. The SMILES string of the molecule is Cc1cc(C)c2nc(N3C(=O)C(=O)/C(=C(/O)c4ccc5c(c4)OCCO5)[C@H]3c3cccc(Br)c3)sc2c1. The average molecular weight is 577 g/mol. The molecule has 37 heavy (non-hydrogen) atoms. The Bertz CT molecular complexity index is 1640. The molecule has 9 heteroatoms. The number of ether oxygens (including phenoxy) is 2. The highest BCUT2D eigenvalue weighted by Crippen LogP contribution is 2.45. The van der Waals surface area contributed by atoms with Crippen molar-refractivity contribution in [3.05, 3.63) is 86.9 Å². The second-order valence-electron chi connectivity index (χ2n) is 9.01. The molecule has 3 aromatic carbocycles. The number of fused-ring (bicyclic) bond motifs is 2. The topological polar surface area (TPSA) is 89.0 Å². The highest BCUT2D eigenvalue weighted by molar-refractivity contribution is 9.10. The van der Waals surface area contributed by atoms with Gasteiger partial charge in [0.1, 0.15) is 19.0 Å². The zero-order valence-corrected chi connectivity index (χ0v) is 22.4. The number of benzene rings is 3. The highest BCUT2D eigenvalue weighted by atomic mass is 79.9. The average Bonchev–Trinajstić information content (AvgIpc) is 3.42. The van der Waals surface area contributed by atoms with Crippen LogP contribution < -0.4 is 14.4 Å². The Morgan fingerprint density at radius 1 is 1.05 bits per heavy atom. The van der Waals surface area contributed by atoms with E-state index in [1.54, 1.807) is 18.2 Å². The minimum Gasteiger partial charge on any atom is -0.507 e. The lowest BCUT2D eigenvalue weighted by molar-refractivity contribution is -0.132. The number of halogens is 1. The zero-order valence-electron chi connectivity index (χ0n) is 19.9. The lowest BCUT2D eigenvalue weighted by Crippen LogP contribution is -2.29. The number of aromatic nitrogens is 1. The maximum atomic E-state index is 13.5. The first-order chi connectivity index (χ1) is 17.8. The zero-order chi connectivity index (χ0) is 25.8. The number of hydrogen-bond acceptors (Lipinski definition) is 7. The quantitative estimate of drug-likeness (QED) is 0.181. The number of carbonyl (C=O) groups excluding carboxylic acids is 2. The molecule has 1 amide bonds. The van der Waals surface area contributed by atoms with E-state index in [2.05, 4.69) is 15.9 Å². The van der Waals surface area contributed by atoms with Crippen molar-refractivity contribution in [2.45, 2.75) is 19.9 Å². The largest absolute Gasteiger partial charge is 0.507 e. The van der Waals surface area contributed by atoms with Gasteiger partial charge in [0.2, 0.25) is 0 Å². The number of thiazole rings is 1. The fourth-order valence-electron chi connectivity index (χ4n) is 4.83. The maximum Gasteiger partial charge on any atom is 0.301 e. The number of carbonyl (C=O) groups is 2. The van der Waals surface area contributed by atoms with E-state index in [1.807, 2.05) is 50.2 Å². The molecule has 0 unspecified atom stereocenters. The van der Waals surface area contributed by atoms with E-state index in [-0.39, 0.29) is 11.3 Å². The first-order valence-corrected chi connectivity index (χ1v) is 13.3. The third-order valence-electron chi connectivity index (χ3n) is 6.45. The third kappa shape index (κ3) is 3.98. The summed E-state index contributed by atoms with van der Waals surface area (Å²) in [5.41, 5.74) is 3.88. The molecule has 0 saturated carbocycles. The number of nitrogens with zero attached hydrogens (tertiary/aromatic N) is 2. The van der Waals surface area contributed by atoms with Gasteiger partial charge in [-0.25, -0.2) is 4.98 Å². The minimum atomic E-state index is -0.868. The van der Waals surface area contributed by atoms with Gasteiger partial charge in [0, 0.05) is 10.0 Å². The molecule has 2 aliphatic rings. The van der Waals surface area contributed by atoms with E-state index in [4.69, 9.17) is 14.5 Å². The molecule has 6 rings (SSSR count). The molecule has 1 aromatic heterocycles. The Morgan fingerprint density at radius 2 is 1.84 bits per heavy atom. The van der Waals surface area contributed by atoms with Gasteiger partial charge in [-0.2, -0.15) is 0 Å². The van der Waals surface area contributed by atoms with Gasteiger partial charge in [0.25, 0.3) is 5.78 Å². The molecule has 186 valence electrons. The van der Waals surface area contributed by atoms with Crippen molar-refractivity contribution >= 4 is 60.1 Å². The Kier molecular flexibility index (Phi) is 5.77. The second kappa shape index (κ2) is 9.00. The molecule has 4 aromatic rings. The first-order valence-electron chi connectivity index (χ1n) is 11.7. The number of anilines is 1. The van der Waals surface area contributed by atoms with Gasteiger partial charge < -0.3 is 14.6 Å². The Labute approximate surface area is 225 Å². The van der Waals surface area contributed by atoms with Crippen molar-refractivity contribution in [1.82, 2.24) is 4.98 Å². The first kappa shape index (κ1) is 23.7. The van der Waals surface area contributed by atoms with Crippen molar-refractivity contribution in [1.29, 1.82) is 0 Å². The van der Waals surface area contributed by atoms with Crippen molar-refractivity contribution < 1.29 is 24.2 Å². The summed E-state index contributed by atoms with van der Waals surface area (Å²) in [6.45, 7) is 4.80. The number of Topliss-reactive ketones (excluding diaryl/α,β-unsaturated/α-hetero) is 1. The predicted molar refractivity (Wildman–Crippen MR) is 145 cm³/mol. The van der Waals surface area contributed by atoms with Crippen LogP contribution in [0.4, 0.5) is 5.13 Å². The van der Waals surface area contributed by atoms with Crippen LogP contribution in [0.1, 0.15) is 28.3 Å². The second-order valence-corrected chi connectivity index (χ2v) is 10.9. The molecule has 1 N–H and O–H groups in total. The van der Waals surface area contributed by atoms with Crippen LogP contribution >= 0.6 is 27.3 Å². The summed E-state index contributed by atoms with van der Waals surface area (Å²) in [5, 5.41) is 11.9. The fraction of sp³-hybridized carbons (Fsp3) is 0.179. The van der Waals surface area contributed by atoms with Crippen molar-refractivity contribution in [3.63, 3.8) is 0 Å².